The number of rotatable bonds is 9. The van der Waals surface area contributed by atoms with E-state index in [0.29, 0.717) is 20.8 Å². The van der Waals surface area contributed by atoms with Gasteiger partial charge in [0.25, 0.3) is 15.9 Å². The Bertz CT molecular complexity index is 1870. The highest BCUT2D eigenvalue weighted by molar-refractivity contribution is 7.92. The molecule has 14 heteroatoms. The van der Waals surface area contributed by atoms with E-state index < -0.39 is 26.7 Å². The standard InChI is InChI=1S/C27H20FN5O5S3/c1-2-31(20-6-4-3-5-7-20)41(37,38)22-12-8-18(9-13-22)26(34)32(29-17-21-11-15-25(39-21)33(35)36)27-30-23-14-10-19(28)16-24(23)40-27/h3-17H,2H2,1H3/b29-17+. The monoisotopic (exact) mass is 609 g/mol. The molecule has 10 nitrogen and oxygen atoms in total. The van der Waals surface area contributed by atoms with Gasteiger partial charge in [-0.2, -0.15) is 10.1 Å². The van der Waals surface area contributed by atoms with Crippen molar-refractivity contribution in [2.45, 2.75) is 11.8 Å². The van der Waals surface area contributed by atoms with Crippen molar-refractivity contribution in [3.8, 4) is 0 Å². The maximum atomic E-state index is 13.8. The first-order chi connectivity index (χ1) is 19.7. The van der Waals surface area contributed by atoms with E-state index in [9.17, 15) is 27.7 Å². The zero-order chi connectivity index (χ0) is 29.1. The number of anilines is 2. The molecule has 0 atom stereocenters. The number of nitro groups is 1. The molecule has 0 saturated heterocycles. The number of carbonyl (C=O) groups excluding carboxylic acids is 1. The maximum absolute atomic E-state index is 13.8. The zero-order valence-corrected chi connectivity index (χ0v) is 23.7. The van der Waals surface area contributed by atoms with Crippen LogP contribution in [0.5, 0.6) is 0 Å². The number of nitrogens with zero attached hydrogens (tertiary/aromatic N) is 5. The molecule has 0 saturated carbocycles. The van der Waals surface area contributed by atoms with Crippen LogP contribution in [0.15, 0.2) is 94.9 Å². The van der Waals surface area contributed by atoms with Crippen molar-refractivity contribution >= 4 is 70.9 Å². The fourth-order valence-corrected chi connectivity index (χ4v) is 7.00. The molecule has 208 valence electrons. The first-order valence-corrected chi connectivity index (χ1v) is 15.1. The Morgan fingerprint density at radius 2 is 1.78 bits per heavy atom. The number of hydrogen-bond acceptors (Lipinski definition) is 9. The summed E-state index contributed by atoms with van der Waals surface area (Å²) in [6.45, 7) is 1.93. The summed E-state index contributed by atoms with van der Waals surface area (Å²) in [6, 6.07) is 20.9. The van der Waals surface area contributed by atoms with Gasteiger partial charge in [-0.1, -0.05) is 40.9 Å². The van der Waals surface area contributed by atoms with Crippen LogP contribution in [0.25, 0.3) is 10.2 Å². The maximum Gasteiger partial charge on any atom is 0.324 e. The smallest absolute Gasteiger partial charge is 0.267 e. The first-order valence-electron chi connectivity index (χ1n) is 12.0. The molecule has 1 amide bonds. The van der Waals surface area contributed by atoms with Crippen molar-refractivity contribution in [3.05, 3.63) is 111 Å². The Morgan fingerprint density at radius 1 is 1.05 bits per heavy atom. The van der Waals surface area contributed by atoms with Crippen LogP contribution < -0.4 is 9.31 Å². The zero-order valence-electron chi connectivity index (χ0n) is 21.2. The fourth-order valence-electron chi connectivity index (χ4n) is 3.89. The summed E-state index contributed by atoms with van der Waals surface area (Å²) in [5.74, 6) is -1.10. The lowest BCUT2D eigenvalue weighted by Gasteiger charge is -2.23. The minimum atomic E-state index is -3.91. The number of para-hydroxylation sites is 1. The molecule has 0 fully saturated rings. The van der Waals surface area contributed by atoms with Crippen LogP contribution in [0.3, 0.4) is 0 Å². The first kappa shape index (κ1) is 28.0. The number of benzene rings is 3. The van der Waals surface area contributed by atoms with Crippen LogP contribution in [0.1, 0.15) is 22.2 Å². The van der Waals surface area contributed by atoms with Crippen molar-refractivity contribution < 1.29 is 22.5 Å². The van der Waals surface area contributed by atoms with Gasteiger partial charge >= 0.3 is 5.00 Å². The molecule has 0 unspecified atom stereocenters. The summed E-state index contributed by atoms with van der Waals surface area (Å²) in [6.07, 6.45) is 1.29. The van der Waals surface area contributed by atoms with E-state index >= 15 is 0 Å². The van der Waals surface area contributed by atoms with Crippen LogP contribution >= 0.6 is 22.7 Å². The van der Waals surface area contributed by atoms with Gasteiger partial charge in [0.05, 0.1) is 36.8 Å². The summed E-state index contributed by atoms with van der Waals surface area (Å²) in [5.41, 5.74) is 1.08. The van der Waals surface area contributed by atoms with Gasteiger partial charge in [-0.3, -0.25) is 19.2 Å². The number of thiophene rings is 1. The lowest BCUT2D eigenvalue weighted by Crippen LogP contribution is -2.31. The van der Waals surface area contributed by atoms with Gasteiger partial charge in [-0.25, -0.2) is 17.8 Å². The summed E-state index contributed by atoms with van der Waals surface area (Å²) in [7, 11) is -3.91. The molecule has 2 heterocycles. The van der Waals surface area contributed by atoms with E-state index in [1.807, 2.05) is 0 Å². The highest BCUT2D eigenvalue weighted by atomic mass is 32.2. The average Bonchev–Trinajstić information content (AvgIpc) is 3.61. The number of aromatic nitrogens is 1. The summed E-state index contributed by atoms with van der Waals surface area (Å²) >= 11 is 1.91. The number of amides is 1. The molecule has 2 aromatic heterocycles. The van der Waals surface area contributed by atoms with Crippen LogP contribution in [-0.2, 0) is 10.0 Å². The number of halogens is 1. The topological polar surface area (TPSA) is 126 Å². The average molecular weight is 610 g/mol. The second-order valence-corrected chi connectivity index (χ2v) is 12.4. The molecule has 0 aliphatic carbocycles. The Morgan fingerprint density at radius 3 is 2.44 bits per heavy atom. The van der Waals surface area contributed by atoms with Crippen LogP contribution in [-0.4, -0.2) is 37.0 Å². The van der Waals surface area contributed by atoms with Gasteiger partial charge in [-0.05, 0) is 67.6 Å². The molecule has 3 aromatic carbocycles. The molecule has 0 aliphatic rings. The van der Waals surface area contributed by atoms with E-state index in [4.69, 9.17) is 0 Å². The van der Waals surface area contributed by atoms with E-state index in [1.165, 1.54) is 65.1 Å². The SMILES string of the molecule is CCN(c1ccccc1)S(=O)(=O)c1ccc(C(=O)N(/N=C/c2ccc([N+](=O)[O-])s2)c2nc3ccc(F)cc3s2)cc1. The van der Waals surface area contributed by atoms with Gasteiger partial charge in [0.15, 0.2) is 0 Å². The largest absolute Gasteiger partial charge is 0.324 e. The van der Waals surface area contributed by atoms with E-state index in [2.05, 4.69) is 10.1 Å². The number of thiazole rings is 1. The van der Waals surface area contributed by atoms with Crippen LogP contribution in [0, 0.1) is 15.9 Å². The van der Waals surface area contributed by atoms with Crippen molar-refractivity contribution in [1.82, 2.24) is 4.98 Å². The molecular formula is C27H20FN5O5S3. The second-order valence-electron chi connectivity index (χ2n) is 8.43. The second kappa shape index (κ2) is 11.5. The van der Waals surface area contributed by atoms with Gasteiger partial charge in [0.1, 0.15) is 5.82 Å². The Labute approximate surface area is 241 Å². The Kier molecular flexibility index (Phi) is 7.88. The number of sulfonamides is 1. The molecule has 0 bridgehead atoms. The third-order valence-electron chi connectivity index (χ3n) is 5.83. The Hall–Kier alpha value is -4.53. The fraction of sp³-hybridized carbons (Fsp3) is 0.0741. The third kappa shape index (κ3) is 5.84. The quantitative estimate of drug-likeness (QED) is 0.110. The molecule has 0 radical (unpaired) electrons. The molecule has 0 spiro atoms. The van der Waals surface area contributed by atoms with E-state index in [-0.39, 0.29) is 27.1 Å². The summed E-state index contributed by atoms with van der Waals surface area (Å²) in [4.78, 5) is 29.0. The molecule has 5 rings (SSSR count). The van der Waals surface area contributed by atoms with E-state index in [1.54, 1.807) is 37.3 Å². The number of fused-ring (bicyclic) bond motifs is 1. The van der Waals surface area contributed by atoms with Gasteiger partial charge in [0.2, 0.25) is 5.13 Å². The number of hydrazone groups is 1. The van der Waals surface area contributed by atoms with Crippen molar-refractivity contribution in [2.24, 2.45) is 5.10 Å². The van der Waals surface area contributed by atoms with Crippen molar-refractivity contribution in [2.75, 3.05) is 15.9 Å². The normalized spacial score (nSPS) is 11.7. The third-order valence-corrected chi connectivity index (χ3v) is 9.71. The van der Waals surface area contributed by atoms with Crippen molar-refractivity contribution in [1.29, 1.82) is 0 Å². The van der Waals surface area contributed by atoms with Gasteiger partial charge in [0, 0.05) is 18.2 Å². The molecule has 0 aliphatic heterocycles. The highest BCUT2D eigenvalue weighted by Gasteiger charge is 2.26. The Balaban J connectivity index is 1.49. The molecule has 0 N–H and O–H groups in total. The predicted molar refractivity (Wildman–Crippen MR) is 158 cm³/mol. The lowest BCUT2D eigenvalue weighted by atomic mass is 10.2. The minimum Gasteiger partial charge on any atom is -0.267 e. The van der Waals surface area contributed by atoms with Gasteiger partial charge in [-0.15, -0.1) is 0 Å². The van der Waals surface area contributed by atoms with Crippen molar-refractivity contribution in [3.63, 3.8) is 0 Å². The molecular weight excluding hydrogens is 590 g/mol. The van der Waals surface area contributed by atoms with Gasteiger partial charge < -0.3 is 0 Å². The number of carbonyl (C=O) groups is 1. The molecule has 41 heavy (non-hydrogen) atoms. The summed E-state index contributed by atoms with van der Waals surface area (Å²) < 4.78 is 42.3. The van der Waals surface area contributed by atoms with E-state index in [0.717, 1.165) is 27.7 Å². The predicted octanol–water partition coefficient (Wildman–Crippen LogP) is 6.30. The highest BCUT2D eigenvalue weighted by Crippen LogP contribution is 2.31. The van der Waals surface area contributed by atoms with Crippen LogP contribution in [0.2, 0.25) is 0 Å². The van der Waals surface area contributed by atoms with Crippen LogP contribution in [0.4, 0.5) is 20.2 Å². The summed E-state index contributed by atoms with van der Waals surface area (Å²) in [5, 5.41) is 16.4. The minimum absolute atomic E-state index is 0.00355. The lowest BCUT2D eigenvalue weighted by molar-refractivity contribution is -0.380. The molecule has 5 aromatic rings. The number of hydrogen-bond donors (Lipinski definition) is 0.